The summed E-state index contributed by atoms with van der Waals surface area (Å²) in [5.41, 5.74) is 5.26. The number of rotatable bonds is 5. The summed E-state index contributed by atoms with van der Waals surface area (Å²) in [6.45, 7) is 6.14. The molecule has 0 bridgehead atoms. The third-order valence-electron chi connectivity index (χ3n) is 1.15. The number of carbonyl (C=O) groups is 1. The third kappa shape index (κ3) is 6.12. The van der Waals surface area contributed by atoms with E-state index in [1.807, 2.05) is 13.8 Å². The monoisotopic (exact) mass is 175 g/mol. The zero-order valence-electron chi connectivity index (χ0n) is 7.87. The van der Waals surface area contributed by atoms with Gasteiger partial charge in [0.05, 0.1) is 12.7 Å². The van der Waals surface area contributed by atoms with Crippen LogP contribution in [-0.4, -0.2) is 31.3 Å². The predicted octanol–water partition coefficient (Wildman–Crippen LogP) is 0.302. The minimum absolute atomic E-state index is 0.166. The van der Waals surface area contributed by atoms with Gasteiger partial charge in [-0.15, -0.1) is 0 Å². The van der Waals surface area contributed by atoms with Crippen LogP contribution in [0.4, 0.5) is 0 Å². The zero-order chi connectivity index (χ0) is 9.56. The average molecular weight is 175 g/mol. The average Bonchev–Trinajstić information content (AvgIpc) is 1.97. The summed E-state index contributed by atoms with van der Waals surface area (Å²) >= 11 is 0. The van der Waals surface area contributed by atoms with E-state index in [9.17, 15) is 4.79 Å². The molecular weight excluding hydrogens is 158 g/mol. The molecule has 0 aliphatic rings. The highest BCUT2D eigenvalue weighted by Gasteiger charge is 2.07. The molecule has 0 saturated carbocycles. The minimum Gasteiger partial charge on any atom is -0.462 e. The molecule has 0 aromatic heterocycles. The summed E-state index contributed by atoms with van der Waals surface area (Å²) in [6, 6.07) is -0.552. The van der Waals surface area contributed by atoms with E-state index in [0.717, 1.165) is 0 Å². The lowest BCUT2D eigenvalue weighted by atomic mass is 10.4. The first kappa shape index (κ1) is 11.4. The van der Waals surface area contributed by atoms with Gasteiger partial charge in [0.2, 0.25) is 0 Å². The standard InChI is InChI=1S/C8H17NO3/c1-6(2)11-4-5-12-8(10)7(3)9/h6-7H,4-5,9H2,1-3H3/t7-/m0/s1. The van der Waals surface area contributed by atoms with Crippen molar-refractivity contribution < 1.29 is 14.3 Å². The first-order chi connectivity index (χ1) is 5.54. The van der Waals surface area contributed by atoms with Gasteiger partial charge in [-0.25, -0.2) is 0 Å². The maximum atomic E-state index is 10.8. The van der Waals surface area contributed by atoms with Gasteiger partial charge >= 0.3 is 5.97 Å². The second-order valence-corrected chi connectivity index (χ2v) is 2.88. The van der Waals surface area contributed by atoms with Crippen molar-refractivity contribution in [1.82, 2.24) is 0 Å². The van der Waals surface area contributed by atoms with Crippen LogP contribution in [0.5, 0.6) is 0 Å². The van der Waals surface area contributed by atoms with Gasteiger partial charge in [-0.1, -0.05) is 0 Å². The lowest BCUT2D eigenvalue weighted by molar-refractivity contribution is -0.146. The molecule has 0 saturated heterocycles. The summed E-state index contributed by atoms with van der Waals surface area (Å²) in [5, 5.41) is 0. The highest BCUT2D eigenvalue weighted by atomic mass is 16.6. The summed E-state index contributed by atoms with van der Waals surface area (Å²) in [6.07, 6.45) is 0.166. The van der Waals surface area contributed by atoms with E-state index in [1.165, 1.54) is 0 Å². The van der Waals surface area contributed by atoms with Gasteiger partial charge in [0.15, 0.2) is 0 Å². The normalized spacial score (nSPS) is 13.1. The zero-order valence-corrected chi connectivity index (χ0v) is 7.87. The molecule has 0 aromatic carbocycles. The quantitative estimate of drug-likeness (QED) is 0.482. The van der Waals surface area contributed by atoms with Crippen LogP contribution >= 0.6 is 0 Å². The van der Waals surface area contributed by atoms with Crippen molar-refractivity contribution >= 4 is 5.97 Å². The summed E-state index contributed by atoms with van der Waals surface area (Å²) in [7, 11) is 0. The fraction of sp³-hybridized carbons (Fsp3) is 0.875. The Balaban J connectivity index is 3.26. The number of esters is 1. The molecule has 0 amide bonds. The Bertz CT molecular complexity index is 134. The lowest BCUT2D eigenvalue weighted by Crippen LogP contribution is -2.29. The number of nitrogens with two attached hydrogens (primary N) is 1. The van der Waals surface area contributed by atoms with Gasteiger partial charge in [0, 0.05) is 0 Å². The van der Waals surface area contributed by atoms with E-state index in [4.69, 9.17) is 15.2 Å². The summed E-state index contributed by atoms with van der Waals surface area (Å²) in [4.78, 5) is 10.8. The van der Waals surface area contributed by atoms with E-state index in [1.54, 1.807) is 6.92 Å². The van der Waals surface area contributed by atoms with Gasteiger partial charge in [0.25, 0.3) is 0 Å². The van der Waals surface area contributed by atoms with Crippen LogP contribution in [0.1, 0.15) is 20.8 Å². The Morgan fingerprint density at radius 1 is 1.33 bits per heavy atom. The van der Waals surface area contributed by atoms with Gasteiger partial charge < -0.3 is 15.2 Å². The molecule has 0 unspecified atom stereocenters. The maximum Gasteiger partial charge on any atom is 0.322 e. The van der Waals surface area contributed by atoms with Crippen LogP contribution < -0.4 is 5.73 Å². The van der Waals surface area contributed by atoms with Crippen LogP contribution in [0, 0.1) is 0 Å². The molecule has 2 N–H and O–H groups in total. The van der Waals surface area contributed by atoms with Gasteiger partial charge in [-0.05, 0) is 20.8 Å². The largest absolute Gasteiger partial charge is 0.462 e. The number of ether oxygens (including phenoxy) is 2. The van der Waals surface area contributed by atoms with Gasteiger partial charge in [-0.2, -0.15) is 0 Å². The highest BCUT2D eigenvalue weighted by molar-refractivity contribution is 5.74. The summed E-state index contributed by atoms with van der Waals surface area (Å²) < 4.78 is 9.92. The van der Waals surface area contributed by atoms with Crippen molar-refractivity contribution in [2.45, 2.75) is 32.9 Å². The summed E-state index contributed by atoms with van der Waals surface area (Å²) in [5.74, 6) is -0.387. The van der Waals surface area contributed by atoms with E-state index >= 15 is 0 Å². The lowest BCUT2D eigenvalue weighted by Gasteiger charge is -2.09. The van der Waals surface area contributed by atoms with Crippen LogP contribution in [0.25, 0.3) is 0 Å². The van der Waals surface area contributed by atoms with Crippen molar-refractivity contribution in [2.75, 3.05) is 13.2 Å². The number of hydrogen-bond donors (Lipinski definition) is 1. The molecule has 4 nitrogen and oxygen atoms in total. The number of hydrogen-bond acceptors (Lipinski definition) is 4. The minimum atomic E-state index is -0.552. The molecule has 72 valence electrons. The van der Waals surface area contributed by atoms with Crippen LogP contribution in [0.3, 0.4) is 0 Å². The van der Waals surface area contributed by atoms with Crippen molar-refractivity contribution in [3.8, 4) is 0 Å². The van der Waals surface area contributed by atoms with Gasteiger partial charge in [0.1, 0.15) is 12.6 Å². The molecule has 0 aliphatic carbocycles. The van der Waals surface area contributed by atoms with Crippen molar-refractivity contribution in [1.29, 1.82) is 0 Å². The highest BCUT2D eigenvalue weighted by Crippen LogP contribution is 1.89. The van der Waals surface area contributed by atoms with Crippen LogP contribution in [-0.2, 0) is 14.3 Å². The second kappa shape index (κ2) is 5.97. The molecule has 4 heteroatoms. The SMILES string of the molecule is CC(C)OCCOC(=O)[C@H](C)N. The van der Waals surface area contributed by atoms with Gasteiger partial charge in [-0.3, -0.25) is 4.79 Å². The van der Waals surface area contributed by atoms with E-state index in [0.29, 0.717) is 6.61 Å². The second-order valence-electron chi connectivity index (χ2n) is 2.88. The molecule has 12 heavy (non-hydrogen) atoms. The molecule has 0 spiro atoms. The van der Waals surface area contributed by atoms with E-state index < -0.39 is 6.04 Å². The molecular formula is C8H17NO3. The molecule has 0 heterocycles. The molecule has 1 atom stereocenters. The Hall–Kier alpha value is -0.610. The molecule has 0 radical (unpaired) electrons. The predicted molar refractivity (Wildman–Crippen MR) is 45.7 cm³/mol. The Kier molecular flexibility index (Phi) is 5.66. The number of carbonyl (C=O) groups excluding carboxylic acids is 1. The maximum absolute atomic E-state index is 10.8. The van der Waals surface area contributed by atoms with E-state index in [2.05, 4.69) is 0 Å². The van der Waals surface area contributed by atoms with Crippen molar-refractivity contribution in [2.24, 2.45) is 5.73 Å². The first-order valence-corrected chi connectivity index (χ1v) is 4.08. The first-order valence-electron chi connectivity index (χ1n) is 4.08. The molecule has 0 aromatic rings. The topological polar surface area (TPSA) is 61.5 Å². The third-order valence-corrected chi connectivity index (χ3v) is 1.15. The Labute approximate surface area is 73.0 Å². The fourth-order valence-corrected chi connectivity index (χ4v) is 0.558. The Morgan fingerprint density at radius 3 is 2.33 bits per heavy atom. The van der Waals surface area contributed by atoms with Crippen molar-refractivity contribution in [3.05, 3.63) is 0 Å². The fourth-order valence-electron chi connectivity index (χ4n) is 0.558. The Morgan fingerprint density at radius 2 is 1.92 bits per heavy atom. The smallest absolute Gasteiger partial charge is 0.322 e. The molecule has 0 aliphatic heterocycles. The van der Waals surface area contributed by atoms with Crippen molar-refractivity contribution in [3.63, 3.8) is 0 Å². The van der Waals surface area contributed by atoms with Crippen LogP contribution in [0.2, 0.25) is 0 Å². The van der Waals surface area contributed by atoms with Crippen LogP contribution in [0.15, 0.2) is 0 Å². The van der Waals surface area contributed by atoms with E-state index in [-0.39, 0.29) is 18.7 Å². The molecule has 0 rings (SSSR count). The molecule has 0 fully saturated rings.